The van der Waals surface area contributed by atoms with E-state index in [0.717, 1.165) is 19.6 Å². The number of anilines is 1. The number of nitrogens with zero attached hydrogens (tertiary/aromatic N) is 2. The van der Waals surface area contributed by atoms with Crippen LogP contribution in [0.2, 0.25) is 0 Å². The molecular formula is C21H24F2N4O. The minimum absolute atomic E-state index is 0.112. The van der Waals surface area contributed by atoms with Gasteiger partial charge in [-0.2, -0.15) is 0 Å². The second kappa shape index (κ2) is 8.84. The molecule has 0 saturated heterocycles. The van der Waals surface area contributed by atoms with Crippen molar-refractivity contribution < 1.29 is 13.9 Å². The number of aromatic nitrogens is 1. The van der Waals surface area contributed by atoms with Crippen LogP contribution in [-0.2, 0) is 0 Å². The van der Waals surface area contributed by atoms with Gasteiger partial charge in [-0.15, -0.1) is 0 Å². The number of hydrogen-bond acceptors (Lipinski definition) is 4. The lowest BCUT2D eigenvalue weighted by molar-refractivity contribution is 0.316. The van der Waals surface area contributed by atoms with Crippen molar-refractivity contribution >= 4 is 28.5 Å². The van der Waals surface area contributed by atoms with Gasteiger partial charge in [0.25, 0.3) is 0 Å². The Morgan fingerprint density at radius 3 is 2.64 bits per heavy atom. The van der Waals surface area contributed by atoms with Gasteiger partial charge in [-0.05, 0) is 43.4 Å². The summed E-state index contributed by atoms with van der Waals surface area (Å²) < 4.78 is 27.8. The number of nitrogens with one attached hydrogen (secondary N) is 2. The molecule has 3 rings (SSSR count). The molecule has 28 heavy (non-hydrogen) atoms. The highest BCUT2D eigenvalue weighted by atomic mass is 19.1. The van der Waals surface area contributed by atoms with Crippen LogP contribution in [0.1, 0.15) is 19.4 Å². The third-order valence-corrected chi connectivity index (χ3v) is 4.71. The van der Waals surface area contributed by atoms with Crippen LogP contribution in [0.3, 0.4) is 0 Å². The predicted octanol–water partition coefficient (Wildman–Crippen LogP) is 4.66. The largest absolute Gasteiger partial charge is 0.494 e. The molecule has 0 radical (unpaired) electrons. The molecular weight excluding hydrogens is 362 g/mol. The number of H-pyrrole nitrogens is 1. The van der Waals surface area contributed by atoms with Crippen LogP contribution in [0.4, 0.5) is 20.2 Å². The van der Waals surface area contributed by atoms with E-state index in [1.807, 2.05) is 0 Å². The van der Waals surface area contributed by atoms with Crippen molar-refractivity contribution in [3.05, 3.63) is 53.6 Å². The summed E-state index contributed by atoms with van der Waals surface area (Å²) in [6.07, 6.45) is 1.40. The molecule has 0 fully saturated rings. The number of aromatic amines is 1. The Kier molecular flexibility index (Phi) is 6.26. The van der Waals surface area contributed by atoms with Crippen molar-refractivity contribution in [1.29, 1.82) is 0 Å². The van der Waals surface area contributed by atoms with E-state index in [2.05, 4.69) is 34.0 Å². The zero-order chi connectivity index (χ0) is 20.1. The molecule has 0 aliphatic heterocycles. The van der Waals surface area contributed by atoms with E-state index in [4.69, 9.17) is 0 Å². The lowest BCUT2D eigenvalue weighted by Gasteiger charge is -2.18. The van der Waals surface area contributed by atoms with Gasteiger partial charge in [0.15, 0.2) is 5.88 Å². The summed E-state index contributed by atoms with van der Waals surface area (Å²) in [4.78, 5) is 9.24. The fourth-order valence-corrected chi connectivity index (χ4v) is 3.06. The Morgan fingerprint density at radius 2 is 1.93 bits per heavy atom. The molecule has 0 unspecified atom stereocenters. The van der Waals surface area contributed by atoms with Crippen LogP contribution in [0.15, 0.2) is 41.4 Å². The molecule has 3 aromatic rings. The van der Waals surface area contributed by atoms with Crippen molar-refractivity contribution in [3.63, 3.8) is 0 Å². The molecule has 7 heteroatoms. The number of halogens is 2. The van der Waals surface area contributed by atoms with Crippen LogP contribution in [0.25, 0.3) is 10.9 Å². The van der Waals surface area contributed by atoms with Crippen molar-refractivity contribution in [1.82, 2.24) is 9.88 Å². The molecule has 1 aromatic heterocycles. The third-order valence-electron chi connectivity index (χ3n) is 4.71. The normalized spacial score (nSPS) is 11.8. The molecule has 0 spiro atoms. The Bertz CT molecular complexity index is 980. The number of hydrogen-bond donors (Lipinski definition) is 3. The molecule has 0 aliphatic carbocycles. The van der Waals surface area contributed by atoms with Gasteiger partial charge in [-0.25, -0.2) is 8.78 Å². The number of fused-ring (bicyclic) bond motifs is 1. The fourth-order valence-electron chi connectivity index (χ4n) is 3.06. The zero-order valence-corrected chi connectivity index (χ0v) is 16.0. The van der Waals surface area contributed by atoms with E-state index in [-0.39, 0.29) is 5.88 Å². The average molecular weight is 386 g/mol. The monoisotopic (exact) mass is 386 g/mol. The number of rotatable bonds is 8. The van der Waals surface area contributed by atoms with Gasteiger partial charge in [0.2, 0.25) is 0 Å². The summed E-state index contributed by atoms with van der Waals surface area (Å²) in [6, 6.07) is 8.81. The van der Waals surface area contributed by atoms with Gasteiger partial charge >= 0.3 is 0 Å². The molecule has 1 heterocycles. The molecule has 5 nitrogen and oxygen atoms in total. The second-order valence-corrected chi connectivity index (χ2v) is 6.45. The Morgan fingerprint density at radius 1 is 1.14 bits per heavy atom. The minimum atomic E-state index is -0.410. The van der Waals surface area contributed by atoms with E-state index >= 15 is 0 Å². The first-order valence-corrected chi connectivity index (χ1v) is 9.31. The van der Waals surface area contributed by atoms with Crippen molar-refractivity contribution in [2.75, 3.05) is 31.5 Å². The molecule has 0 amide bonds. The quantitative estimate of drug-likeness (QED) is 0.494. The van der Waals surface area contributed by atoms with Crippen LogP contribution < -0.4 is 5.32 Å². The molecule has 0 atom stereocenters. The molecule has 2 aromatic carbocycles. The smallest absolute Gasteiger partial charge is 0.198 e. The Labute approximate surface area is 162 Å². The van der Waals surface area contributed by atoms with Crippen LogP contribution in [0, 0.1) is 11.6 Å². The number of benzene rings is 2. The molecule has 3 N–H and O–H groups in total. The van der Waals surface area contributed by atoms with Gasteiger partial charge in [0.1, 0.15) is 11.6 Å². The summed E-state index contributed by atoms with van der Waals surface area (Å²) >= 11 is 0. The maximum atomic E-state index is 14.3. The summed E-state index contributed by atoms with van der Waals surface area (Å²) in [7, 11) is 0. The van der Waals surface area contributed by atoms with Crippen LogP contribution >= 0.6 is 0 Å². The first-order chi connectivity index (χ1) is 13.5. The first kappa shape index (κ1) is 19.8. The standard InChI is InChI=1S/C21H24F2N4O/c1-3-27(4-2)10-9-24-20-8-6-15(12-18(20)23)25-13-17-16-11-14(22)5-7-19(16)26-21(17)28/h5-8,11-13,24,26,28H,3-4,9-10H2,1-2H3. The van der Waals surface area contributed by atoms with Crippen molar-refractivity contribution in [2.24, 2.45) is 4.99 Å². The fraction of sp³-hybridized carbons (Fsp3) is 0.286. The van der Waals surface area contributed by atoms with E-state index in [9.17, 15) is 13.9 Å². The van der Waals surface area contributed by atoms with Crippen LogP contribution in [0.5, 0.6) is 5.88 Å². The van der Waals surface area contributed by atoms with Crippen LogP contribution in [-0.4, -0.2) is 47.4 Å². The highest BCUT2D eigenvalue weighted by Gasteiger charge is 2.10. The van der Waals surface area contributed by atoms with E-state index in [1.165, 1.54) is 24.4 Å². The highest BCUT2D eigenvalue weighted by Crippen LogP contribution is 2.27. The van der Waals surface area contributed by atoms with E-state index < -0.39 is 11.6 Å². The number of aliphatic imine (C=N–C) groups is 1. The van der Waals surface area contributed by atoms with Gasteiger partial charge in [-0.3, -0.25) is 4.99 Å². The van der Waals surface area contributed by atoms with Gasteiger partial charge in [-0.1, -0.05) is 13.8 Å². The van der Waals surface area contributed by atoms with Gasteiger partial charge in [0.05, 0.1) is 16.9 Å². The van der Waals surface area contributed by atoms with Gasteiger partial charge < -0.3 is 20.3 Å². The first-order valence-electron chi connectivity index (χ1n) is 9.31. The van der Waals surface area contributed by atoms with Gasteiger partial charge in [0, 0.05) is 36.3 Å². The average Bonchev–Trinajstić information content (AvgIpc) is 2.99. The lowest BCUT2D eigenvalue weighted by Crippen LogP contribution is -2.28. The number of aromatic hydroxyl groups is 1. The zero-order valence-electron chi connectivity index (χ0n) is 16.0. The highest BCUT2D eigenvalue weighted by molar-refractivity contribution is 6.02. The maximum absolute atomic E-state index is 14.3. The predicted molar refractivity (Wildman–Crippen MR) is 110 cm³/mol. The second-order valence-electron chi connectivity index (χ2n) is 6.45. The van der Waals surface area contributed by atoms with E-state index in [1.54, 1.807) is 18.2 Å². The Balaban J connectivity index is 1.72. The minimum Gasteiger partial charge on any atom is -0.494 e. The lowest BCUT2D eigenvalue weighted by atomic mass is 10.2. The summed E-state index contributed by atoms with van der Waals surface area (Å²) in [5, 5.41) is 13.6. The molecule has 0 aliphatic rings. The molecule has 0 saturated carbocycles. The summed E-state index contributed by atoms with van der Waals surface area (Å²) in [6.45, 7) is 7.59. The van der Waals surface area contributed by atoms with Crippen molar-refractivity contribution in [3.8, 4) is 5.88 Å². The van der Waals surface area contributed by atoms with E-state index in [0.29, 0.717) is 34.4 Å². The summed E-state index contributed by atoms with van der Waals surface area (Å²) in [5.41, 5.74) is 1.77. The maximum Gasteiger partial charge on any atom is 0.198 e. The summed E-state index contributed by atoms with van der Waals surface area (Å²) in [5.74, 6) is -0.921. The third kappa shape index (κ3) is 4.48. The Hall–Kier alpha value is -2.93. The molecule has 148 valence electrons. The molecule has 0 bridgehead atoms. The topological polar surface area (TPSA) is 63.6 Å². The number of likely N-dealkylation sites (N-methyl/N-ethyl adjacent to an activating group) is 1. The SMILES string of the molecule is CCN(CC)CCNc1ccc(N=Cc2c(O)[nH]c3ccc(F)cc23)cc1F. The van der Waals surface area contributed by atoms with Crippen molar-refractivity contribution in [2.45, 2.75) is 13.8 Å².